The highest BCUT2D eigenvalue weighted by Gasteiger charge is 2.00. The molecule has 3 rings (SSSR count). The Labute approximate surface area is 124 Å². The molecule has 0 atom stereocenters. The van der Waals surface area contributed by atoms with Gasteiger partial charge in [0.1, 0.15) is 0 Å². The Morgan fingerprint density at radius 1 is 1.19 bits per heavy atom. The molecule has 21 heavy (non-hydrogen) atoms. The number of aryl methyl sites for hydroxylation is 1. The van der Waals surface area contributed by atoms with Gasteiger partial charge in [0, 0.05) is 30.5 Å². The molecule has 2 heterocycles. The van der Waals surface area contributed by atoms with Crippen LogP contribution in [0.15, 0.2) is 49.2 Å². The fourth-order valence-electron chi connectivity index (χ4n) is 2.23. The van der Waals surface area contributed by atoms with E-state index in [1.54, 1.807) is 6.33 Å². The maximum Gasteiger partial charge on any atom is 0.0924 e. The van der Waals surface area contributed by atoms with Crippen LogP contribution < -0.4 is 5.32 Å². The Bertz CT molecular complexity index is 667. The van der Waals surface area contributed by atoms with Crippen LogP contribution in [0.5, 0.6) is 0 Å². The molecule has 0 amide bonds. The number of hydrogen-bond donors (Lipinski definition) is 2. The van der Waals surface area contributed by atoms with Crippen LogP contribution in [0.4, 0.5) is 5.69 Å². The Kier molecular flexibility index (Phi) is 4.00. The molecule has 5 nitrogen and oxygen atoms in total. The maximum atomic E-state index is 4.33. The first-order valence-electron chi connectivity index (χ1n) is 7.19. The first-order valence-corrected chi connectivity index (χ1v) is 7.19. The molecular formula is C16H19N5. The minimum absolute atomic E-state index is 0.785. The smallest absolute Gasteiger partial charge is 0.0924 e. The summed E-state index contributed by atoms with van der Waals surface area (Å²) in [5, 5.41) is 7.74. The van der Waals surface area contributed by atoms with Crippen molar-refractivity contribution in [3.8, 4) is 11.3 Å². The van der Waals surface area contributed by atoms with Crippen LogP contribution in [-0.2, 0) is 13.1 Å². The lowest BCUT2D eigenvalue weighted by molar-refractivity contribution is 0.602. The second-order valence-electron chi connectivity index (χ2n) is 5.01. The monoisotopic (exact) mass is 281 g/mol. The van der Waals surface area contributed by atoms with Gasteiger partial charge in [-0.2, -0.15) is 5.10 Å². The van der Waals surface area contributed by atoms with Crippen LogP contribution in [0.3, 0.4) is 0 Å². The third kappa shape index (κ3) is 3.31. The molecule has 1 aromatic carbocycles. The van der Waals surface area contributed by atoms with Crippen molar-refractivity contribution in [3.05, 3.63) is 54.7 Å². The average Bonchev–Trinajstić information content (AvgIpc) is 3.18. The summed E-state index contributed by atoms with van der Waals surface area (Å²) < 4.78 is 1.98. The lowest BCUT2D eigenvalue weighted by Gasteiger charge is -2.05. The van der Waals surface area contributed by atoms with Crippen molar-refractivity contribution in [3.63, 3.8) is 0 Å². The zero-order valence-electron chi connectivity index (χ0n) is 12.1. The van der Waals surface area contributed by atoms with Gasteiger partial charge in [-0.1, -0.05) is 19.1 Å². The molecule has 0 bridgehead atoms. The zero-order chi connectivity index (χ0) is 14.5. The fraction of sp³-hybridized carbons (Fsp3) is 0.250. The third-order valence-electron chi connectivity index (χ3n) is 3.33. The second-order valence-corrected chi connectivity index (χ2v) is 5.01. The summed E-state index contributed by atoms with van der Waals surface area (Å²) in [6, 6.07) is 8.31. The largest absolute Gasteiger partial charge is 0.381 e. The van der Waals surface area contributed by atoms with Gasteiger partial charge in [-0.3, -0.25) is 4.68 Å². The van der Waals surface area contributed by atoms with E-state index in [1.165, 1.54) is 5.56 Å². The molecule has 0 aliphatic heterocycles. The predicted octanol–water partition coefficient (Wildman–Crippen LogP) is 3.30. The van der Waals surface area contributed by atoms with E-state index in [0.717, 1.165) is 36.5 Å². The van der Waals surface area contributed by atoms with E-state index in [1.807, 2.05) is 17.1 Å². The molecular weight excluding hydrogens is 262 g/mol. The van der Waals surface area contributed by atoms with Crippen LogP contribution in [-0.4, -0.2) is 19.7 Å². The Morgan fingerprint density at radius 3 is 2.76 bits per heavy atom. The van der Waals surface area contributed by atoms with E-state index >= 15 is 0 Å². The van der Waals surface area contributed by atoms with E-state index in [9.17, 15) is 0 Å². The van der Waals surface area contributed by atoms with Crippen molar-refractivity contribution in [2.75, 3.05) is 5.32 Å². The van der Waals surface area contributed by atoms with Crippen molar-refractivity contribution < 1.29 is 0 Å². The van der Waals surface area contributed by atoms with Gasteiger partial charge in [0.2, 0.25) is 0 Å². The second kappa shape index (κ2) is 6.26. The number of hydrogen-bond acceptors (Lipinski definition) is 3. The quantitative estimate of drug-likeness (QED) is 0.729. The fourth-order valence-corrected chi connectivity index (χ4v) is 2.23. The summed E-state index contributed by atoms with van der Waals surface area (Å²) in [6.07, 6.45) is 8.63. The van der Waals surface area contributed by atoms with Gasteiger partial charge in [-0.15, -0.1) is 0 Å². The SMILES string of the molecule is CCCn1cc(CNc2ccc(-c3cnc[nH]3)cc2)cn1. The number of imidazole rings is 1. The molecule has 0 saturated carbocycles. The molecule has 0 spiro atoms. The summed E-state index contributed by atoms with van der Waals surface area (Å²) in [4.78, 5) is 7.14. The number of anilines is 1. The summed E-state index contributed by atoms with van der Waals surface area (Å²) in [5.41, 5.74) is 4.46. The Morgan fingerprint density at radius 2 is 2.05 bits per heavy atom. The van der Waals surface area contributed by atoms with E-state index < -0.39 is 0 Å². The molecule has 0 aliphatic rings. The van der Waals surface area contributed by atoms with Crippen LogP contribution in [0.1, 0.15) is 18.9 Å². The summed E-state index contributed by atoms with van der Waals surface area (Å²) >= 11 is 0. The topological polar surface area (TPSA) is 58.5 Å². The van der Waals surface area contributed by atoms with Gasteiger partial charge in [-0.05, 0) is 24.1 Å². The average molecular weight is 281 g/mol. The van der Waals surface area contributed by atoms with Crippen molar-refractivity contribution in [1.82, 2.24) is 19.7 Å². The molecule has 0 saturated heterocycles. The number of nitrogens with one attached hydrogen (secondary N) is 2. The first kappa shape index (κ1) is 13.4. The van der Waals surface area contributed by atoms with Gasteiger partial charge >= 0.3 is 0 Å². The molecule has 3 aromatic rings. The molecule has 0 radical (unpaired) electrons. The third-order valence-corrected chi connectivity index (χ3v) is 3.33. The van der Waals surface area contributed by atoms with Crippen LogP contribution in [0.2, 0.25) is 0 Å². The minimum atomic E-state index is 0.785. The number of aromatic nitrogens is 4. The lowest BCUT2D eigenvalue weighted by Crippen LogP contribution is -1.99. The Balaban J connectivity index is 1.60. The summed E-state index contributed by atoms with van der Waals surface area (Å²) in [5.74, 6) is 0. The van der Waals surface area contributed by atoms with Crippen LogP contribution in [0.25, 0.3) is 11.3 Å². The van der Waals surface area contributed by atoms with Gasteiger partial charge in [0.05, 0.1) is 24.4 Å². The van der Waals surface area contributed by atoms with Crippen molar-refractivity contribution in [2.45, 2.75) is 26.4 Å². The van der Waals surface area contributed by atoms with E-state index in [0.29, 0.717) is 0 Å². The predicted molar refractivity (Wildman–Crippen MR) is 83.9 cm³/mol. The number of aromatic amines is 1. The number of benzene rings is 1. The highest BCUT2D eigenvalue weighted by Crippen LogP contribution is 2.19. The molecule has 2 N–H and O–H groups in total. The van der Waals surface area contributed by atoms with Gasteiger partial charge in [0.15, 0.2) is 0 Å². The van der Waals surface area contributed by atoms with Crippen molar-refractivity contribution in [2.24, 2.45) is 0 Å². The molecule has 0 unspecified atom stereocenters. The first-order chi connectivity index (χ1) is 10.3. The normalized spacial score (nSPS) is 10.7. The van der Waals surface area contributed by atoms with Crippen LogP contribution >= 0.6 is 0 Å². The number of nitrogens with zero attached hydrogens (tertiary/aromatic N) is 3. The molecule has 0 fully saturated rings. The highest BCUT2D eigenvalue weighted by molar-refractivity contribution is 5.61. The standard InChI is InChI=1S/C16H19N5/c1-2-7-21-11-13(9-20-21)8-18-15-5-3-14(4-6-15)16-10-17-12-19-16/h3-6,9-12,18H,2,7-8H2,1H3,(H,17,19). The number of rotatable bonds is 6. The zero-order valence-corrected chi connectivity index (χ0v) is 12.1. The molecule has 108 valence electrons. The van der Waals surface area contributed by atoms with Crippen molar-refractivity contribution in [1.29, 1.82) is 0 Å². The van der Waals surface area contributed by atoms with E-state index in [4.69, 9.17) is 0 Å². The van der Waals surface area contributed by atoms with Gasteiger partial charge < -0.3 is 10.3 Å². The summed E-state index contributed by atoms with van der Waals surface area (Å²) in [6.45, 7) is 3.91. The summed E-state index contributed by atoms with van der Waals surface area (Å²) in [7, 11) is 0. The minimum Gasteiger partial charge on any atom is -0.381 e. The molecule has 2 aromatic heterocycles. The number of H-pyrrole nitrogens is 1. The maximum absolute atomic E-state index is 4.33. The molecule has 5 heteroatoms. The van der Waals surface area contributed by atoms with Crippen LogP contribution in [0, 0.1) is 0 Å². The van der Waals surface area contributed by atoms with Crippen molar-refractivity contribution >= 4 is 5.69 Å². The Hall–Kier alpha value is -2.56. The van der Waals surface area contributed by atoms with E-state index in [2.05, 4.69) is 57.8 Å². The van der Waals surface area contributed by atoms with E-state index in [-0.39, 0.29) is 0 Å². The van der Waals surface area contributed by atoms with Gasteiger partial charge in [-0.25, -0.2) is 4.98 Å². The van der Waals surface area contributed by atoms with Gasteiger partial charge in [0.25, 0.3) is 0 Å². The highest BCUT2D eigenvalue weighted by atomic mass is 15.3. The molecule has 0 aliphatic carbocycles. The lowest BCUT2D eigenvalue weighted by atomic mass is 10.1.